The summed E-state index contributed by atoms with van der Waals surface area (Å²) in [5.41, 5.74) is 2.68. The van der Waals surface area contributed by atoms with Crippen LogP contribution in [0.15, 0.2) is 49.1 Å². The molecular formula is C12H16. The van der Waals surface area contributed by atoms with Crippen LogP contribution in [0.5, 0.6) is 0 Å². The van der Waals surface area contributed by atoms with Gasteiger partial charge < -0.3 is 0 Å². The van der Waals surface area contributed by atoms with Crippen molar-refractivity contribution in [2.45, 2.75) is 19.3 Å². The van der Waals surface area contributed by atoms with Crippen LogP contribution in [-0.2, 0) is 0 Å². The molecule has 1 aliphatic carbocycles. The minimum absolute atomic E-state index is 0.646. The maximum atomic E-state index is 3.99. The third-order valence-electron chi connectivity index (χ3n) is 2.40. The lowest BCUT2D eigenvalue weighted by molar-refractivity contribution is 0.666. The van der Waals surface area contributed by atoms with E-state index in [9.17, 15) is 0 Å². The summed E-state index contributed by atoms with van der Waals surface area (Å²) in [6, 6.07) is 0. The molecule has 0 spiro atoms. The normalized spacial score (nSPS) is 24.2. The highest BCUT2D eigenvalue weighted by molar-refractivity contribution is 5.27. The zero-order valence-corrected chi connectivity index (χ0v) is 7.55. The van der Waals surface area contributed by atoms with Crippen molar-refractivity contribution in [3.05, 3.63) is 49.1 Å². The molecule has 0 heteroatoms. The second kappa shape index (κ2) is 4.10. The highest BCUT2D eigenvalue weighted by Gasteiger charge is 2.19. The van der Waals surface area contributed by atoms with Gasteiger partial charge in [-0.1, -0.05) is 43.5 Å². The van der Waals surface area contributed by atoms with Crippen molar-refractivity contribution in [1.29, 1.82) is 0 Å². The van der Waals surface area contributed by atoms with Crippen LogP contribution in [0.1, 0.15) is 19.3 Å². The van der Waals surface area contributed by atoms with Crippen molar-refractivity contribution >= 4 is 0 Å². The summed E-state index contributed by atoms with van der Waals surface area (Å²) in [5, 5.41) is 0. The molecule has 1 atom stereocenters. The van der Waals surface area contributed by atoms with Crippen LogP contribution in [0.4, 0.5) is 0 Å². The van der Waals surface area contributed by atoms with Crippen LogP contribution in [0.2, 0.25) is 0 Å². The monoisotopic (exact) mass is 160 g/mol. The smallest absolute Gasteiger partial charge is 0.0122 e. The van der Waals surface area contributed by atoms with Gasteiger partial charge in [-0.2, -0.15) is 0 Å². The first kappa shape index (κ1) is 9.05. The van der Waals surface area contributed by atoms with E-state index in [0.29, 0.717) is 5.92 Å². The number of allylic oxidation sites excluding steroid dienone is 5. The van der Waals surface area contributed by atoms with Gasteiger partial charge in [0, 0.05) is 0 Å². The Morgan fingerprint density at radius 1 is 1.42 bits per heavy atom. The maximum absolute atomic E-state index is 3.99. The molecule has 0 amide bonds. The third-order valence-corrected chi connectivity index (χ3v) is 2.40. The fourth-order valence-electron chi connectivity index (χ4n) is 1.72. The molecule has 0 aromatic heterocycles. The molecule has 0 bridgehead atoms. The maximum Gasteiger partial charge on any atom is -0.0122 e. The van der Waals surface area contributed by atoms with Crippen LogP contribution >= 0.6 is 0 Å². The van der Waals surface area contributed by atoms with Crippen LogP contribution in [0.25, 0.3) is 0 Å². The number of hydrogen-bond acceptors (Lipinski definition) is 0. The lowest BCUT2D eigenvalue weighted by Gasteiger charge is -2.08. The third kappa shape index (κ3) is 1.97. The Balaban J connectivity index is 2.67. The number of rotatable bonds is 3. The summed E-state index contributed by atoms with van der Waals surface area (Å²) in [5.74, 6) is 0.646. The quantitative estimate of drug-likeness (QED) is 0.437. The summed E-state index contributed by atoms with van der Waals surface area (Å²) in [7, 11) is 0. The fraction of sp³-hybridized carbons (Fsp3) is 0.333. The molecular weight excluding hydrogens is 144 g/mol. The zero-order chi connectivity index (χ0) is 8.97. The first-order chi connectivity index (χ1) is 5.77. The Hall–Kier alpha value is -1.04. The Morgan fingerprint density at radius 2 is 2.17 bits per heavy atom. The molecule has 0 heterocycles. The van der Waals surface area contributed by atoms with E-state index in [2.05, 4.69) is 25.8 Å². The molecule has 0 radical (unpaired) electrons. The first-order valence-corrected chi connectivity index (χ1v) is 4.39. The van der Waals surface area contributed by atoms with Crippen molar-refractivity contribution in [3.8, 4) is 0 Å². The molecule has 0 aromatic rings. The molecule has 0 saturated heterocycles. The molecule has 1 fully saturated rings. The van der Waals surface area contributed by atoms with E-state index in [1.54, 1.807) is 0 Å². The van der Waals surface area contributed by atoms with Crippen LogP contribution in [0.3, 0.4) is 0 Å². The van der Waals surface area contributed by atoms with Gasteiger partial charge in [0.15, 0.2) is 0 Å². The van der Waals surface area contributed by atoms with E-state index in [0.717, 1.165) is 6.42 Å². The highest BCUT2D eigenvalue weighted by atomic mass is 14.2. The van der Waals surface area contributed by atoms with Gasteiger partial charge in [0.2, 0.25) is 0 Å². The molecule has 1 saturated carbocycles. The lowest BCUT2D eigenvalue weighted by atomic mass is 9.97. The second-order valence-corrected chi connectivity index (χ2v) is 3.30. The standard InChI is InChI=1S/C12H16/c1-4-6-11(5-2)12-8-7-10(3)9-12/h4-6,12H,1-3,7-9H2/b11-6+. The first-order valence-electron chi connectivity index (χ1n) is 4.39. The summed E-state index contributed by atoms with van der Waals surface area (Å²) in [6.07, 6.45) is 9.35. The molecule has 0 aromatic carbocycles. The minimum Gasteiger partial charge on any atom is -0.0998 e. The largest absolute Gasteiger partial charge is 0.0998 e. The summed E-state index contributed by atoms with van der Waals surface area (Å²) < 4.78 is 0. The van der Waals surface area contributed by atoms with Gasteiger partial charge in [-0.05, 0) is 30.8 Å². The van der Waals surface area contributed by atoms with Gasteiger partial charge in [0.05, 0.1) is 0 Å². The number of hydrogen-bond donors (Lipinski definition) is 0. The average molecular weight is 160 g/mol. The predicted octanol–water partition coefficient (Wildman–Crippen LogP) is 3.64. The summed E-state index contributed by atoms with van der Waals surface area (Å²) in [4.78, 5) is 0. The molecule has 1 rings (SSSR count). The van der Waals surface area contributed by atoms with Gasteiger partial charge in [-0.15, -0.1) is 0 Å². The minimum atomic E-state index is 0.646. The van der Waals surface area contributed by atoms with Crippen LogP contribution in [0, 0.1) is 5.92 Å². The average Bonchev–Trinajstić information content (AvgIpc) is 2.47. The van der Waals surface area contributed by atoms with E-state index in [1.165, 1.54) is 24.0 Å². The molecule has 1 aliphatic rings. The Kier molecular flexibility index (Phi) is 3.09. The van der Waals surface area contributed by atoms with E-state index in [4.69, 9.17) is 0 Å². The SMILES string of the molecule is C=C/C=C(\C=C)C1CCC(=C)C1. The summed E-state index contributed by atoms with van der Waals surface area (Å²) in [6.45, 7) is 11.5. The van der Waals surface area contributed by atoms with Gasteiger partial charge >= 0.3 is 0 Å². The van der Waals surface area contributed by atoms with Gasteiger partial charge in [0.1, 0.15) is 0 Å². The Bertz CT molecular complexity index is 230. The van der Waals surface area contributed by atoms with Gasteiger partial charge in [0.25, 0.3) is 0 Å². The van der Waals surface area contributed by atoms with Crippen LogP contribution in [-0.4, -0.2) is 0 Å². The second-order valence-electron chi connectivity index (χ2n) is 3.30. The molecule has 0 N–H and O–H groups in total. The topological polar surface area (TPSA) is 0 Å². The Morgan fingerprint density at radius 3 is 2.58 bits per heavy atom. The van der Waals surface area contributed by atoms with Crippen molar-refractivity contribution in [3.63, 3.8) is 0 Å². The van der Waals surface area contributed by atoms with Crippen LogP contribution < -0.4 is 0 Å². The van der Waals surface area contributed by atoms with Crippen molar-refractivity contribution < 1.29 is 0 Å². The summed E-state index contributed by atoms with van der Waals surface area (Å²) >= 11 is 0. The van der Waals surface area contributed by atoms with Crippen molar-refractivity contribution in [2.24, 2.45) is 5.92 Å². The van der Waals surface area contributed by atoms with Crippen molar-refractivity contribution in [2.75, 3.05) is 0 Å². The van der Waals surface area contributed by atoms with E-state index >= 15 is 0 Å². The Labute approximate surface area is 75.0 Å². The predicted molar refractivity (Wildman–Crippen MR) is 55.0 cm³/mol. The highest BCUT2D eigenvalue weighted by Crippen LogP contribution is 2.34. The zero-order valence-electron chi connectivity index (χ0n) is 7.55. The van der Waals surface area contributed by atoms with E-state index < -0.39 is 0 Å². The molecule has 0 aliphatic heterocycles. The van der Waals surface area contributed by atoms with Gasteiger partial charge in [-0.3, -0.25) is 0 Å². The lowest BCUT2D eigenvalue weighted by Crippen LogP contribution is -1.94. The molecule has 0 nitrogen and oxygen atoms in total. The van der Waals surface area contributed by atoms with E-state index in [1.807, 2.05) is 12.2 Å². The molecule has 12 heavy (non-hydrogen) atoms. The van der Waals surface area contributed by atoms with E-state index in [-0.39, 0.29) is 0 Å². The van der Waals surface area contributed by atoms with Crippen molar-refractivity contribution in [1.82, 2.24) is 0 Å². The van der Waals surface area contributed by atoms with Gasteiger partial charge in [-0.25, -0.2) is 0 Å². The molecule has 64 valence electrons. The fourth-order valence-corrected chi connectivity index (χ4v) is 1.72. The molecule has 1 unspecified atom stereocenters.